The molecule has 3 aromatic rings. The highest BCUT2D eigenvalue weighted by Gasteiger charge is 2.40. The number of anilines is 3. The number of amides is 3. The number of benzene rings is 2. The summed E-state index contributed by atoms with van der Waals surface area (Å²) in [7, 11) is 0. The van der Waals surface area contributed by atoms with E-state index in [2.05, 4.69) is 46.5 Å². The fourth-order valence-corrected chi connectivity index (χ4v) is 9.67. The first kappa shape index (κ1) is 35.8. The second-order valence-electron chi connectivity index (χ2n) is 16.2. The second kappa shape index (κ2) is 14.6. The Kier molecular flexibility index (Phi) is 9.53. The Labute approximate surface area is 318 Å². The summed E-state index contributed by atoms with van der Waals surface area (Å²) in [4.78, 5) is 48.9. The number of imide groups is 1. The van der Waals surface area contributed by atoms with Gasteiger partial charge in [0.2, 0.25) is 11.8 Å². The molecule has 3 N–H and O–H groups in total. The number of rotatable bonds is 7. The van der Waals surface area contributed by atoms with Gasteiger partial charge < -0.3 is 25.1 Å². The topological polar surface area (TPSA) is 137 Å². The van der Waals surface area contributed by atoms with Gasteiger partial charge >= 0.3 is 0 Å². The molecule has 2 atom stereocenters. The highest BCUT2D eigenvalue weighted by Crippen LogP contribution is 2.38. The van der Waals surface area contributed by atoms with Gasteiger partial charge in [-0.1, -0.05) is 6.07 Å². The van der Waals surface area contributed by atoms with Crippen LogP contribution in [0.25, 0.3) is 11.3 Å². The molecule has 13 nitrogen and oxygen atoms in total. The molecule has 0 radical (unpaired) electrons. The normalized spacial score (nSPS) is 26.0. The highest BCUT2D eigenvalue weighted by atomic mass is 19.1. The molecule has 1 aliphatic carbocycles. The number of piperazine rings is 2. The molecule has 1 aromatic heterocycles. The Bertz CT molecular complexity index is 2000. The van der Waals surface area contributed by atoms with Crippen LogP contribution in [0.5, 0.6) is 5.75 Å². The Morgan fingerprint density at radius 1 is 0.800 bits per heavy atom. The number of phenolic OH excluding ortho intramolecular Hbond substituents is 1. The first-order valence-electron chi connectivity index (χ1n) is 19.7. The van der Waals surface area contributed by atoms with Crippen molar-refractivity contribution >= 4 is 34.9 Å². The lowest BCUT2D eigenvalue weighted by atomic mass is 9.81. The number of aromatic hydroxyl groups is 1. The first-order chi connectivity index (χ1) is 26.7. The van der Waals surface area contributed by atoms with Crippen molar-refractivity contribution in [3.8, 4) is 17.0 Å². The van der Waals surface area contributed by atoms with E-state index in [0.717, 1.165) is 88.5 Å². The third kappa shape index (κ3) is 7.08. The van der Waals surface area contributed by atoms with Crippen molar-refractivity contribution in [2.45, 2.75) is 57.2 Å². The van der Waals surface area contributed by atoms with E-state index in [-0.39, 0.29) is 41.4 Å². The van der Waals surface area contributed by atoms with Crippen LogP contribution >= 0.6 is 0 Å². The summed E-state index contributed by atoms with van der Waals surface area (Å²) in [5.41, 5.74) is 3.70. The number of carbonyl (C=O) groups excluding carboxylic acids is 3. The van der Waals surface area contributed by atoms with Crippen molar-refractivity contribution in [1.82, 2.24) is 30.2 Å². The summed E-state index contributed by atoms with van der Waals surface area (Å²) in [6, 6.07) is 9.23. The maximum atomic E-state index is 14.1. The molecule has 3 amide bonds. The van der Waals surface area contributed by atoms with Gasteiger partial charge in [-0.3, -0.25) is 29.5 Å². The highest BCUT2D eigenvalue weighted by molar-refractivity contribution is 6.05. The standard InChI is InChI=1S/C40H47F2N9O4/c41-27-15-31(37(53)32(42)16-27)33-18-35-38(46-45-33)43-19-29-23-48(11-14-50(29)35)21-25-3-1-24(2-4-25)20-47-9-12-49(13-10-47)28-6-5-26-22-51(40(55)30(26)17-28)34-7-8-36(52)44-39(34)54/h5-6,15-18,24-25,29,34,53H,1-4,7-14,19-23H2,(H,43,46)(H,44,52,54)/t24-,25+,29-,34?/m0/s1. The maximum Gasteiger partial charge on any atom is 0.255 e. The van der Waals surface area contributed by atoms with Gasteiger partial charge in [0.05, 0.1) is 17.4 Å². The van der Waals surface area contributed by atoms with Crippen LogP contribution in [-0.4, -0.2) is 125 Å². The van der Waals surface area contributed by atoms with Gasteiger partial charge in [-0.15, -0.1) is 10.2 Å². The van der Waals surface area contributed by atoms with Gasteiger partial charge in [0.1, 0.15) is 11.9 Å². The van der Waals surface area contributed by atoms with E-state index in [0.29, 0.717) is 42.2 Å². The van der Waals surface area contributed by atoms with Gasteiger partial charge in [-0.05, 0) is 73.8 Å². The lowest BCUT2D eigenvalue weighted by Crippen LogP contribution is -2.58. The van der Waals surface area contributed by atoms with E-state index in [9.17, 15) is 28.3 Å². The van der Waals surface area contributed by atoms with Crippen molar-refractivity contribution in [3.05, 3.63) is 59.2 Å². The van der Waals surface area contributed by atoms with Crippen LogP contribution < -0.4 is 20.4 Å². The molecule has 6 heterocycles. The minimum Gasteiger partial charge on any atom is -0.504 e. The van der Waals surface area contributed by atoms with Crippen LogP contribution in [0, 0.1) is 23.5 Å². The molecule has 15 heteroatoms. The van der Waals surface area contributed by atoms with E-state index < -0.39 is 23.4 Å². The number of fused-ring (bicyclic) bond motifs is 4. The average molecular weight is 756 g/mol. The van der Waals surface area contributed by atoms with Gasteiger partial charge in [0, 0.05) is 101 Å². The maximum absolute atomic E-state index is 14.1. The third-order valence-corrected chi connectivity index (χ3v) is 12.7. The quantitative estimate of drug-likeness (QED) is 0.306. The molecule has 0 bridgehead atoms. The van der Waals surface area contributed by atoms with Gasteiger partial charge in [0.25, 0.3) is 5.91 Å². The fourth-order valence-electron chi connectivity index (χ4n) is 9.67. The van der Waals surface area contributed by atoms with Crippen molar-refractivity contribution in [2.24, 2.45) is 11.8 Å². The molecule has 9 rings (SSSR count). The minimum atomic E-state index is -1.03. The van der Waals surface area contributed by atoms with E-state index in [1.165, 1.54) is 25.7 Å². The molecule has 290 valence electrons. The summed E-state index contributed by atoms with van der Waals surface area (Å²) in [6.07, 6.45) is 5.59. The van der Waals surface area contributed by atoms with Crippen LogP contribution in [0.15, 0.2) is 36.4 Å². The lowest BCUT2D eigenvalue weighted by molar-refractivity contribution is -0.136. The number of hydrogen-bond donors (Lipinski definition) is 3. The Morgan fingerprint density at radius 2 is 1.55 bits per heavy atom. The van der Waals surface area contributed by atoms with E-state index in [1.54, 1.807) is 11.0 Å². The van der Waals surface area contributed by atoms with Gasteiger partial charge in [0.15, 0.2) is 17.4 Å². The average Bonchev–Trinajstić information content (AvgIpc) is 3.51. The first-order valence-corrected chi connectivity index (χ1v) is 19.7. The predicted molar refractivity (Wildman–Crippen MR) is 202 cm³/mol. The van der Waals surface area contributed by atoms with Crippen molar-refractivity contribution in [1.29, 1.82) is 0 Å². The van der Waals surface area contributed by atoms with Gasteiger partial charge in [-0.25, -0.2) is 8.78 Å². The molecule has 4 fully saturated rings. The number of nitrogens with one attached hydrogen (secondary N) is 2. The summed E-state index contributed by atoms with van der Waals surface area (Å²) < 4.78 is 28.1. The second-order valence-corrected chi connectivity index (χ2v) is 16.2. The third-order valence-electron chi connectivity index (χ3n) is 12.7. The smallest absolute Gasteiger partial charge is 0.255 e. The van der Waals surface area contributed by atoms with Crippen LogP contribution in [0.2, 0.25) is 0 Å². The SMILES string of the molecule is O=C1CCC(N2Cc3ccc(N4CCN(C[C@H]5CC[C@@H](CN6CCN7c8cc(-c9cc(F)cc(F)c9O)nnc8NC[C@H]7C6)CC5)CC4)cc3C2=O)C(=O)N1. The van der Waals surface area contributed by atoms with E-state index in [1.807, 2.05) is 12.1 Å². The van der Waals surface area contributed by atoms with Crippen LogP contribution in [0.4, 0.5) is 26.0 Å². The van der Waals surface area contributed by atoms with Crippen LogP contribution in [-0.2, 0) is 16.1 Å². The Morgan fingerprint density at radius 3 is 2.31 bits per heavy atom. The molecule has 3 saturated heterocycles. The molecule has 1 saturated carbocycles. The monoisotopic (exact) mass is 755 g/mol. The molecule has 55 heavy (non-hydrogen) atoms. The zero-order chi connectivity index (χ0) is 37.8. The summed E-state index contributed by atoms with van der Waals surface area (Å²) >= 11 is 0. The van der Waals surface area contributed by atoms with Gasteiger partial charge in [-0.2, -0.15) is 0 Å². The zero-order valence-electron chi connectivity index (χ0n) is 30.9. The van der Waals surface area contributed by atoms with Crippen molar-refractivity contribution in [3.63, 3.8) is 0 Å². The number of aromatic nitrogens is 2. The molecular weight excluding hydrogens is 708 g/mol. The van der Waals surface area contributed by atoms with E-state index in [4.69, 9.17) is 0 Å². The summed E-state index contributed by atoms with van der Waals surface area (Å²) in [6.45, 7) is 9.82. The molecule has 2 aromatic carbocycles. The summed E-state index contributed by atoms with van der Waals surface area (Å²) in [5, 5.41) is 24.5. The van der Waals surface area contributed by atoms with E-state index >= 15 is 0 Å². The van der Waals surface area contributed by atoms with Crippen molar-refractivity contribution in [2.75, 3.05) is 80.6 Å². The molecule has 5 aliphatic heterocycles. The van der Waals surface area contributed by atoms with Crippen LogP contribution in [0.3, 0.4) is 0 Å². The Hall–Kier alpha value is -4.89. The lowest BCUT2D eigenvalue weighted by Gasteiger charge is -2.47. The molecule has 1 unspecified atom stereocenters. The number of piperidine rings is 1. The minimum absolute atomic E-state index is 0.0112. The zero-order valence-corrected chi connectivity index (χ0v) is 30.9. The predicted octanol–water partition coefficient (Wildman–Crippen LogP) is 3.43. The Balaban J connectivity index is 0.728. The van der Waals surface area contributed by atoms with Crippen molar-refractivity contribution < 1.29 is 28.3 Å². The fraction of sp³-hybridized carbons (Fsp3) is 0.525. The molecule has 6 aliphatic rings. The number of nitrogens with zero attached hydrogens (tertiary/aromatic N) is 7. The molecule has 0 spiro atoms. The largest absolute Gasteiger partial charge is 0.504 e. The number of hydrogen-bond acceptors (Lipinski definition) is 11. The van der Waals surface area contributed by atoms with Crippen LogP contribution in [0.1, 0.15) is 54.4 Å². The molecular formula is C40H47F2N9O4. The summed E-state index contributed by atoms with van der Waals surface area (Å²) in [5.74, 6) is -1.20. The number of halogens is 2. The number of carbonyl (C=O) groups is 3. The number of phenols is 1.